The minimum atomic E-state index is -0.472. The van der Waals surface area contributed by atoms with Gasteiger partial charge in [-0.2, -0.15) is 9.78 Å². The summed E-state index contributed by atoms with van der Waals surface area (Å²) in [5.41, 5.74) is 0. The molecule has 0 atom stereocenters. The third-order valence-electron chi connectivity index (χ3n) is 3.36. The van der Waals surface area contributed by atoms with Gasteiger partial charge < -0.3 is 40.1 Å². The molecule has 0 heterocycles. The fourth-order valence-electron chi connectivity index (χ4n) is 1.70. The maximum absolute atomic E-state index is 11.7. The number of aliphatic hydroxyl groups is 2. The summed E-state index contributed by atoms with van der Waals surface area (Å²) in [5.74, 6) is 2.63. The van der Waals surface area contributed by atoms with Crippen LogP contribution in [0.1, 0.15) is 6.42 Å². The van der Waals surface area contributed by atoms with Crippen LogP contribution in [0.3, 0.4) is 0 Å². The number of carbonyl (C=O) groups excluding carboxylic acids is 2. The summed E-state index contributed by atoms with van der Waals surface area (Å²) in [5, 5.41) is 26.4. The van der Waals surface area contributed by atoms with E-state index in [9.17, 15) is 9.59 Å². The molecule has 0 unspecified atom stereocenters. The summed E-state index contributed by atoms with van der Waals surface area (Å²) in [6.45, 7) is 0.438. The average molecular weight is 783 g/mol. The van der Waals surface area contributed by atoms with E-state index in [0.717, 1.165) is 20.3 Å². The molecule has 0 aromatic rings. The Morgan fingerprint density at radius 3 is 1.74 bits per heavy atom. The van der Waals surface area contributed by atoms with Crippen molar-refractivity contribution >= 4 is 131 Å². The minimum Gasteiger partial charge on any atom is -0.438 e. The van der Waals surface area contributed by atoms with Crippen LogP contribution in [0.4, 0.5) is 9.59 Å². The standard InChI is InChI=1S/C20H38N4O10S9/c25-3-1-2-23-19(27)29-10-40-18-43-15-36-7-22-5-32-34-13-41-17-39-11-30-20(28)24-8-37-16-42-14-35-6-21-4-31-33-12-38-9-26/h4-5,25-26H,1-3,6-18H2,(H,23,27)(H,24,28). The van der Waals surface area contributed by atoms with Crippen molar-refractivity contribution in [1.29, 1.82) is 0 Å². The lowest BCUT2D eigenvalue weighted by atomic mass is 10.5. The van der Waals surface area contributed by atoms with Gasteiger partial charge in [0.05, 0.1) is 23.6 Å². The predicted octanol–water partition coefficient (Wildman–Crippen LogP) is 4.81. The molecule has 2 amide bonds. The smallest absolute Gasteiger partial charge is 0.408 e. The third-order valence-corrected chi connectivity index (χ3v) is 12.3. The summed E-state index contributed by atoms with van der Waals surface area (Å²) in [6, 6.07) is 0. The first-order chi connectivity index (χ1) is 21.2. The van der Waals surface area contributed by atoms with Crippen LogP contribution in [0.5, 0.6) is 0 Å². The van der Waals surface area contributed by atoms with Crippen molar-refractivity contribution in [2.24, 2.45) is 9.98 Å². The van der Waals surface area contributed by atoms with Gasteiger partial charge in [-0.1, -0.05) is 0 Å². The van der Waals surface area contributed by atoms with Gasteiger partial charge >= 0.3 is 12.2 Å². The largest absolute Gasteiger partial charge is 0.438 e. The van der Waals surface area contributed by atoms with Gasteiger partial charge in [0.15, 0.2) is 0 Å². The summed E-state index contributed by atoms with van der Waals surface area (Å²) >= 11 is 13.9. The van der Waals surface area contributed by atoms with Crippen LogP contribution >= 0.6 is 106 Å². The molecule has 23 heteroatoms. The zero-order chi connectivity index (χ0) is 31.3. The molecular weight excluding hydrogens is 745 g/mol. The number of aliphatic hydroxyl groups excluding tert-OH is 2. The molecule has 0 radical (unpaired) electrons. The molecule has 252 valence electrons. The lowest BCUT2D eigenvalue weighted by Crippen LogP contribution is -2.25. The van der Waals surface area contributed by atoms with Crippen LogP contribution in [0.25, 0.3) is 0 Å². The number of rotatable bonds is 32. The fourth-order valence-corrected chi connectivity index (χ4v) is 8.83. The summed E-state index contributed by atoms with van der Waals surface area (Å²) in [4.78, 5) is 50.3. The zero-order valence-electron chi connectivity index (χ0n) is 23.2. The van der Waals surface area contributed by atoms with Crippen molar-refractivity contribution in [3.63, 3.8) is 0 Å². The maximum atomic E-state index is 11.7. The third kappa shape index (κ3) is 38.6. The van der Waals surface area contributed by atoms with Gasteiger partial charge in [-0.05, 0) is 6.42 Å². The van der Waals surface area contributed by atoms with Crippen molar-refractivity contribution in [1.82, 2.24) is 10.6 Å². The minimum absolute atomic E-state index is 0.0205. The highest BCUT2D eigenvalue weighted by Crippen LogP contribution is 2.18. The van der Waals surface area contributed by atoms with E-state index >= 15 is 0 Å². The zero-order valence-corrected chi connectivity index (χ0v) is 30.5. The Bertz CT molecular complexity index is 697. The van der Waals surface area contributed by atoms with Crippen LogP contribution in [-0.2, 0) is 29.0 Å². The number of hydrogen-bond donors (Lipinski definition) is 4. The molecule has 0 spiro atoms. The van der Waals surface area contributed by atoms with Gasteiger partial charge in [-0.3, -0.25) is 0 Å². The van der Waals surface area contributed by atoms with Crippen molar-refractivity contribution in [2.75, 3.05) is 85.9 Å². The molecule has 43 heavy (non-hydrogen) atoms. The average Bonchev–Trinajstić information content (AvgIpc) is 3.00. The van der Waals surface area contributed by atoms with Crippen LogP contribution in [0.2, 0.25) is 0 Å². The molecule has 0 saturated carbocycles. The first-order valence-corrected chi connectivity index (χ1v) is 22.4. The number of thioether (sulfide) groups is 9. The van der Waals surface area contributed by atoms with E-state index in [4.69, 9.17) is 34.3 Å². The molecule has 0 saturated heterocycles. The normalized spacial score (nSPS) is 11.2. The highest BCUT2D eigenvalue weighted by atomic mass is 32.2. The number of ether oxygens (including phenoxy) is 2. The van der Waals surface area contributed by atoms with Gasteiger partial charge in [0.1, 0.15) is 23.8 Å². The first-order valence-electron chi connectivity index (χ1n) is 12.0. The quantitative estimate of drug-likeness (QED) is 0.0182. The molecule has 0 aliphatic carbocycles. The van der Waals surface area contributed by atoms with Crippen LogP contribution < -0.4 is 10.6 Å². The van der Waals surface area contributed by atoms with Crippen LogP contribution in [0, 0.1) is 0 Å². The predicted molar refractivity (Wildman–Crippen MR) is 191 cm³/mol. The Morgan fingerprint density at radius 2 is 1.14 bits per heavy atom. The highest BCUT2D eigenvalue weighted by Gasteiger charge is 2.02. The van der Waals surface area contributed by atoms with E-state index in [-0.39, 0.29) is 30.4 Å². The van der Waals surface area contributed by atoms with E-state index in [1.54, 1.807) is 58.8 Å². The fraction of sp³-hybridized carbons (Fsp3) is 0.800. The number of nitrogens with zero attached hydrogens (tertiary/aromatic N) is 2. The molecule has 0 bridgehead atoms. The number of amides is 2. The van der Waals surface area contributed by atoms with Gasteiger partial charge in [0, 0.05) is 38.6 Å². The van der Waals surface area contributed by atoms with Crippen molar-refractivity contribution < 1.29 is 48.8 Å². The lowest BCUT2D eigenvalue weighted by Gasteiger charge is -2.06. The second kappa shape index (κ2) is 38.7. The summed E-state index contributed by atoms with van der Waals surface area (Å²) < 4.78 is 10.1. The Labute approximate surface area is 290 Å². The van der Waals surface area contributed by atoms with E-state index in [0.29, 0.717) is 41.6 Å². The van der Waals surface area contributed by atoms with Crippen molar-refractivity contribution in [3.8, 4) is 0 Å². The summed E-state index contributed by atoms with van der Waals surface area (Å²) in [6.07, 6.45) is 2.08. The van der Waals surface area contributed by atoms with Crippen molar-refractivity contribution in [3.05, 3.63) is 0 Å². The SMILES string of the molecule is O=C(NCSCSCSCN=COOCSCO)OCSCSCOOC=NCSCSCSCOC(=O)NCCCO. The Balaban J connectivity index is 3.26. The maximum Gasteiger partial charge on any atom is 0.408 e. The molecule has 0 aromatic heterocycles. The number of carbonyl (C=O) groups is 2. The van der Waals surface area contributed by atoms with Gasteiger partial charge in [-0.25, -0.2) is 19.6 Å². The van der Waals surface area contributed by atoms with E-state index in [2.05, 4.69) is 25.5 Å². The first kappa shape index (κ1) is 43.5. The van der Waals surface area contributed by atoms with Gasteiger partial charge in [0.2, 0.25) is 12.8 Å². The van der Waals surface area contributed by atoms with Crippen molar-refractivity contribution in [2.45, 2.75) is 6.42 Å². The second-order valence-electron chi connectivity index (χ2n) is 6.48. The topological polar surface area (TPSA) is 179 Å². The van der Waals surface area contributed by atoms with Gasteiger partial charge in [-0.15, -0.1) is 106 Å². The molecule has 14 nitrogen and oxygen atoms in total. The molecule has 0 rings (SSSR count). The van der Waals surface area contributed by atoms with E-state index in [1.165, 1.54) is 59.8 Å². The number of nitrogens with one attached hydrogen (secondary N) is 2. The van der Waals surface area contributed by atoms with Crippen LogP contribution in [0.15, 0.2) is 9.98 Å². The Morgan fingerprint density at radius 1 is 0.628 bits per heavy atom. The van der Waals surface area contributed by atoms with Crippen LogP contribution in [-0.4, -0.2) is 121 Å². The molecule has 0 aliphatic heterocycles. The number of hydrogen-bond acceptors (Lipinski definition) is 21. The van der Waals surface area contributed by atoms with Gasteiger partial charge in [0.25, 0.3) is 0 Å². The number of alkyl carbamates (subject to hydrolysis) is 2. The molecule has 0 aliphatic rings. The van der Waals surface area contributed by atoms with E-state index in [1.807, 2.05) is 0 Å². The lowest BCUT2D eigenvalue weighted by molar-refractivity contribution is -0.196. The number of aliphatic imine (C=N–C) groups is 2. The molecular formula is C20H38N4O10S9. The molecule has 4 N–H and O–H groups in total. The molecule has 0 aromatic carbocycles. The Hall–Kier alpha value is 0.470. The van der Waals surface area contributed by atoms with E-state index < -0.39 is 12.2 Å². The highest BCUT2D eigenvalue weighted by molar-refractivity contribution is 8.23. The second-order valence-corrected chi connectivity index (χ2v) is 16.9. The molecule has 0 fully saturated rings. The monoisotopic (exact) mass is 782 g/mol. The Kier molecular flexibility index (Phi) is 39.1. The summed E-state index contributed by atoms with van der Waals surface area (Å²) in [7, 11) is 0.